The van der Waals surface area contributed by atoms with Gasteiger partial charge in [0.15, 0.2) is 18.8 Å². The van der Waals surface area contributed by atoms with Crippen molar-refractivity contribution in [3.05, 3.63) is 23.2 Å². The number of ether oxygens (including phenoxy) is 3. The first-order valence-electron chi connectivity index (χ1n) is 11.8. The summed E-state index contributed by atoms with van der Waals surface area (Å²) < 4.78 is 30.1. The van der Waals surface area contributed by atoms with Crippen LogP contribution >= 0.6 is 0 Å². The van der Waals surface area contributed by atoms with Gasteiger partial charge in [-0.2, -0.15) is 0 Å². The molecule has 2 fully saturated rings. The molecule has 16 N–H and O–H groups in total. The number of hydrogen-bond donors (Lipinski definition) is 12. The highest BCUT2D eigenvalue weighted by atomic mass is 19.1. The van der Waals surface area contributed by atoms with Crippen LogP contribution in [0.2, 0.25) is 0 Å². The maximum absolute atomic E-state index is 14.4. The van der Waals surface area contributed by atoms with Crippen LogP contribution in [0, 0.1) is 0 Å². The Morgan fingerprint density at radius 1 is 1.08 bits per heavy atom. The number of nitrogens with one attached hydrogen (secondary N) is 1. The van der Waals surface area contributed by atoms with Gasteiger partial charge < -0.3 is 78.2 Å². The molecule has 16 heteroatoms. The molecule has 37 heavy (non-hydrogen) atoms. The van der Waals surface area contributed by atoms with E-state index >= 15 is 0 Å². The van der Waals surface area contributed by atoms with Gasteiger partial charge in [-0.3, -0.25) is 0 Å². The van der Waals surface area contributed by atoms with Gasteiger partial charge in [-0.05, 0) is 12.8 Å². The number of rotatable bonds is 11. The fourth-order valence-corrected chi connectivity index (χ4v) is 4.10. The Hall–Kier alpha value is -1.67. The van der Waals surface area contributed by atoms with Crippen LogP contribution in [0.25, 0.3) is 0 Å². The lowest BCUT2D eigenvalue weighted by atomic mass is 9.85. The minimum atomic E-state index is -1.93. The highest BCUT2D eigenvalue weighted by Gasteiger charge is 2.45. The molecule has 7 unspecified atom stereocenters. The molecule has 0 aromatic rings. The predicted octanol–water partition coefficient (Wildman–Crippen LogP) is -4.84. The third-order valence-electron chi connectivity index (χ3n) is 6.41. The molecule has 0 aromatic carbocycles. The lowest BCUT2D eigenvalue weighted by Crippen LogP contribution is -2.63. The molecular weight excluding hydrogens is 501 g/mol. The van der Waals surface area contributed by atoms with Crippen LogP contribution in [0.5, 0.6) is 0 Å². The molecule has 1 saturated heterocycles. The summed E-state index contributed by atoms with van der Waals surface area (Å²) in [5, 5.41) is 72.7. The highest BCUT2D eigenvalue weighted by molar-refractivity contribution is 5.10. The zero-order chi connectivity index (χ0) is 28.0. The van der Waals surface area contributed by atoms with E-state index in [9.17, 15) is 40.1 Å². The van der Waals surface area contributed by atoms with Gasteiger partial charge in [-0.1, -0.05) is 6.08 Å². The fraction of sp³-hybridized carbons (Fsp3) is 0.810. The molecule has 0 amide bonds. The highest BCUT2D eigenvalue weighted by Crippen LogP contribution is 2.26. The standard InChI is InChI=1S/C21H40FN5O10/c1-27-14(20(34)37-21-17(32)16(31)13(26)11(6-28)35-21)10(29)4-2-3-7(23)19(33)36-18-9(25)5-8(24)15(30)12(18)22/h3,8-9,11-13,15-21,27-34H,2,4-6,23-26H2,1H3/b7-3-,14-10+/t8-,9?,11?,12?,13-,15?,16?,17?,18-,19-,20?,21-/m1/s1. The normalized spacial score (nSPS) is 39.6. The van der Waals surface area contributed by atoms with Crippen molar-refractivity contribution >= 4 is 0 Å². The monoisotopic (exact) mass is 541 g/mol. The smallest absolute Gasteiger partial charge is 0.202 e. The Bertz CT molecular complexity index is 793. The number of nitrogens with two attached hydrogens (primary N) is 4. The van der Waals surface area contributed by atoms with E-state index in [4.69, 9.17) is 37.1 Å². The second-order valence-electron chi connectivity index (χ2n) is 9.08. The lowest BCUT2D eigenvalue weighted by Gasteiger charge is -2.41. The minimum Gasteiger partial charge on any atom is -0.510 e. The second-order valence-corrected chi connectivity index (χ2v) is 9.08. The molecule has 1 aliphatic carbocycles. The third-order valence-corrected chi connectivity index (χ3v) is 6.41. The molecule has 0 radical (unpaired) electrons. The Labute approximate surface area is 213 Å². The van der Waals surface area contributed by atoms with Gasteiger partial charge in [0.05, 0.1) is 18.3 Å². The van der Waals surface area contributed by atoms with Crippen LogP contribution in [0.4, 0.5) is 4.39 Å². The summed E-state index contributed by atoms with van der Waals surface area (Å²) in [6, 6.07) is -2.83. The summed E-state index contributed by atoms with van der Waals surface area (Å²) in [4.78, 5) is 0. The molecule has 1 aliphatic heterocycles. The maximum atomic E-state index is 14.4. The molecule has 1 heterocycles. The molecule has 1 saturated carbocycles. The van der Waals surface area contributed by atoms with Crippen molar-refractivity contribution in [3.63, 3.8) is 0 Å². The number of halogens is 1. The van der Waals surface area contributed by atoms with Crippen molar-refractivity contribution in [2.75, 3.05) is 13.7 Å². The van der Waals surface area contributed by atoms with E-state index in [2.05, 4.69) is 5.32 Å². The molecule has 2 aliphatic rings. The van der Waals surface area contributed by atoms with E-state index in [1.165, 1.54) is 13.1 Å². The van der Waals surface area contributed by atoms with E-state index in [-0.39, 0.29) is 36.4 Å². The first-order valence-corrected chi connectivity index (χ1v) is 11.8. The molecule has 2 rings (SSSR count). The molecule has 0 aromatic heterocycles. The molecule has 0 spiro atoms. The van der Waals surface area contributed by atoms with Gasteiger partial charge in [0.2, 0.25) is 6.29 Å². The number of allylic oxidation sites excluding steroid dienone is 2. The Morgan fingerprint density at radius 3 is 2.32 bits per heavy atom. The van der Waals surface area contributed by atoms with Crippen LogP contribution < -0.4 is 28.3 Å². The molecule has 12 atom stereocenters. The first kappa shape index (κ1) is 31.5. The first-order chi connectivity index (χ1) is 17.3. The van der Waals surface area contributed by atoms with E-state index in [1.807, 2.05) is 0 Å². The molecule has 0 bridgehead atoms. The van der Waals surface area contributed by atoms with Crippen LogP contribution in [0.15, 0.2) is 23.2 Å². The minimum absolute atomic E-state index is 0.0297. The van der Waals surface area contributed by atoms with Crippen molar-refractivity contribution in [1.29, 1.82) is 0 Å². The van der Waals surface area contributed by atoms with E-state index < -0.39 is 80.3 Å². The van der Waals surface area contributed by atoms with E-state index in [1.54, 1.807) is 0 Å². The zero-order valence-corrected chi connectivity index (χ0v) is 20.4. The summed E-state index contributed by atoms with van der Waals surface area (Å²) in [6.45, 7) is -0.572. The maximum Gasteiger partial charge on any atom is 0.202 e. The van der Waals surface area contributed by atoms with Crippen molar-refractivity contribution in [1.82, 2.24) is 5.32 Å². The average Bonchev–Trinajstić information content (AvgIpc) is 2.85. The quantitative estimate of drug-likeness (QED) is 0.0862. The molecule has 216 valence electrons. The number of alkyl halides is 1. The van der Waals surface area contributed by atoms with Gasteiger partial charge >= 0.3 is 0 Å². The van der Waals surface area contributed by atoms with E-state index in [0.717, 1.165) is 0 Å². The summed E-state index contributed by atoms with van der Waals surface area (Å²) in [6.07, 6.45) is -12.9. The summed E-state index contributed by atoms with van der Waals surface area (Å²) in [5.74, 6) is -0.383. The van der Waals surface area contributed by atoms with E-state index in [0.29, 0.717) is 0 Å². The number of likely N-dealkylation sites (N-methyl/N-ethyl adjacent to an activating group) is 1. The Balaban J connectivity index is 1.96. The van der Waals surface area contributed by atoms with Gasteiger partial charge in [-0.25, -0.2) is 4.39 Å². The molecule has 15 nitrogen and oxygen atoms in total. The second kappa shape index (κ2) is 13.9. The van der Waals surface area contributed by atoms with Crippen molar-refractivity contribution in [2.24, 2.45) is 22.9 Å². The Kier molecular flexibility index (Phi) is 11.9. The number of hydrogen-bond acceptors (Lipinski definition) is 15. The van der Waals surface area contributed by atoms with Gasteiger partial charge in [-0.15, -0.1) is 0 Å². The van der Waals surface area contributed by atoms with Gasteiger partial charge in [0, 0.05) is 25.6 Å². The van der Waals surface area contributed by atoms with Crippen molar-refractivity contribution in [2.45, 2.75) is 92.9 Å². The Morgan fingerprint density at radius 2 is 1.73 bits per heavy atom. The summed E-state index contributed by atoms with van der Waals surface area (Å²) in [7, 11) is 1.38. The fourth-order valence-electron chi connectivity index (χ4n) is 4.10. The summed E-state index contributed by atoms with van der Waals surface area (Å²) in [5.41, 5.74) is 22.5. The molecular formula is C21H40FN5O10. The van der Waals surface area contributed by atoms with Crippen molar-refractivity contribution in [3.8, 4) is 0 Å². The SMILES string of the molecule is CN/C(=C(/O)CC/C=C(\N)[C@H](O)O[C@@H]1C(N)C[C@@H](N)C(O)C1F)C(O)O[C@H]1OC(CO)[C@@H](N)C(O)C1O. The average molecular weight is 542 g/mol. The van der Waals surface area contributed by atoms with Crippen LogP contribution in [-0.2, 0) is 14.2 Å². The van der Waals surface area contributed by atoms with Crippen LogP contribution in [-0.4, -0.2) is 123 Å². The predicted molar refractivity (Wildman–Crippen MR) is 125 cm³/mol. The number of aliphatic hydroxyl groups excluding tert-OH is 7. The lowest BCUT2D eigenvalue weighted by molar-refractivity contribution is -0.308. The van der Waals surface area contributed by atoms with Gasteiger partial charge in [0.1, 0.15) is 42.0 Å². The largest absolute Gasteiger partial charge is 0.510 e. The zero-order valence-electron chi connectivity index (χ0n) is 20.4. The summed E-state index contributed by atoms with van der Waals surface area (Å²) >= 11 is 0. The van der Waals surface area contributed by atoms with Crippen LogP contribution in [0.1, 0.15) is 19.3 Å². The van der Waals surface area contributed by atoms with Gasteiger partial charge in [0.25, 0.3) is 0 Å². The van der Waals surface area contributed by atoms with Crippen LogP contribution in [0.3, 0.4) is 0 Å². The topological polar surface area (TPSA) is 285 Å². The number of aliphatic hydroxyl groups is 7. The van der Waals surface area contributed by atoms with Crippen molar-refractivity contribution < 1.29 is 54.3 Å². The third kappa shape index (κ3) is 7.69.